The van der Waals surface area contributed by atoms with E-state index in [2.05, 4.69) is 5.32 Å². The first-order valence-electron chi connectivity index (χ1n) is 6.51. The molecule has 1 amide bonds. The van der Waals surface area contributed by atoms with Crippen LogP contribution in [0.15, 0.2) is 0 Å². The molecule has 4 heteroatoms. The van der Waals surface area contributed by atoms with Gasteiger partial charge in [-0.25, -0.2) is 0 Å². The van der Waals surface area contributed by atoms with Crippen molar-refractivity contribution in [2.45, 2.75) is 38.1 Å². The Hall–Kier alpha value is -0.610. The van der Waals surface area contributed by atoms with Crippen molar-refractivity contribution in [2.75, 3.05) is 26.2 Å². The topological polar surface area (TPSA) is 58.4 Å². The Morgan fingerprint density at radius 1 is 1.31 bits per heavy atom. The van der Waals surface area contributed by atoms with Crippen molar-refractivity contribution in [1.82, 2.24) is 10.2 Å². The van der Waals surface area contributed by atoms with E-state index in [0.29, 0.717) is 13.1 Å². The summed E-state index contributed by atoms with van der Waals surface area (Å²) in [4.78, 5) is 14.0. The van der Waals surface area contributed by atoms with Gasteiger partial charge in [-0.15, -0.1) is 0 Å². The van der Waals surface area contributed by atoms with E-state index in [1.165, 1.54) is 19.3 Å². The Bertz CT molecular complexity index is 240. The molecule has 16 heavy (non-hydrogen) atoms. The lowest BCUT2D eigenvalue weighted by Crippen LogP contribution is -2.50. The van der Waals surface area contributed by atoms with Gasteiger partial charge in [-0.2, -0.15) is 0 Å². The second-order valence-electron chi connectivity index (χ2n) is 5.05. The van der Waals surface area contributed by atoms with E-state index in [1.807, 2.05) is 4.90 Å². The Morgan fingerprint density at radius 2 is 2.12 bits per heavy atom. The summed E-state index contributed by atoms with van der Waals surface area (Å²) < 4.78 is 0. The highest BCUT2D eigenvalue weighted by Gasteiger charge is 2.26. The number of hydrogen-bond acceptors (Lipinski definition) is 3. The van der Waals surface area contributed by atoms with Crippen LogP contribution in [0.25, 0.3) is 0 Å². The molecule has 1 saturated carbocycles. The number of rotatable bonds is 5. The molecular formula is C12H23N3O. The van der Waals surface area contributed by atoms with Crippen LogP contribution in [-0.4, -0.2) is 43.0 Å². The highest BCUT2D eigenvalue weighted by Crippen LogP contribution is 2.27. The predicted molar refractivity (Wildman–Crippen MR) is 64.0 cm³/mol. The van der Waals surface area contributed by atoms with Crippen molar-refractivity contribution in [1.29, 1.82) is 0 Å². The normalized spacial score (nSPS) is 25.8. The van der Waals surface area contributed by atoms with Crippen LogP contribution < -0.4 is 11.1 Å². The van der Waals surface area contributed by atoms with Gasteiger partial charge < -0.3 is 16.0 Å². The summed E-state index contributed by atoms with van der Waals surface area (Å²) in [5, 5.41) is 3.26. The summed E-state index contributed by atoms with van der Waals surface area (Å²) in [6, 6.07) is 0.281. The van der Waals surface area contributed by atoms with E-state index in [4.69, 9.17) is 5.73 Å². The molecule has 92 valence electrons. The number of nitrogens with zero attached hydrogens (tertiary/aromatic N) is 1. The van der Waals surface area contributed by atoms with Crippen LogP contribution in [-0.2, 0) is 4.79 Å². The second-order valence-corrected chi connectivity index (χ2v) is 5.05. The van der Waals surface area contributed by atoms with Gasteiger partial charge in [0.05, 0.1) is 6.54 Å². The lowest BCUT2D eigenvalue weighted by atomic mass is 10.0. The van der Waals surface area contributed by atoms with Crippen molar-refractivity contribution in [3.8, 4) is 0 Å². The highest BCUT2D eigenvalue weighted by molar-refractivity contribution is 5.78. The molecule has 2 fully saturated rings. The number of carbonyl (C=O) groups is 1. The minimum absolute atomic E-state index is 0.232. The fourth-order valence-electron chi connectivity index (χ4n) is 2.38. The first kappa shape index (κ1) is 11.9. The molecular weight excluding hydrogens is 202 g/mol. The fourth-order valence-corrected chi connectivity index (χ4v) is 2.38. The molecule has 0 aromatic rings. The van der Waals surface area contributed by atoms with Crippen LogP contribution in [0.5, 0.6) is 0 Å². The number of hydrogen-bond donors (Lipinski definition) is 2. The number of likely N-dealkylation sites (tertiary alicyclic amines) is 1. The largest absolute Gasteiger partial charge is 0.337 e. The summed E-state index contributed by atoms with van der Waals surface area (Å²) in [7, 11) is 0. The van der Waals surface area contributed by atoms with Gasteiger partial charge in [0.1, 0.15) is 0 Å². The minimum atomic E-state index is 0.232. The number of nitrogens with two attached hydrogens (primary N) is 1. The summed E-state index contributed by atoms with van der Waals surface area (Å²) in [6.45, 7) is 3.00. The lowest BCUT2D eigenvalue weighted by molar-refractivity contribution is -0.133. The first-order chi connectivity index (χ1) is 7.81. The molecule has 3 N–H and O–H groups in total. The molecule has 1 aliphatic carbocycles. The van der Waals surface area contributed by atoms with E-state index in [-0.39, 0.29) is 11.9 Å². The van der Waals surface area contributed by atoms with Crippen molar-refractivity contribution in [2.24, 2.45) is 11.7 Å². The maximum Gasteiger partial charge on any atom is 0.236 e. The molecule has 0 bridgehead atoms. The minimum Gasteiger partial charge on any atom is -0.337 e. The highest BCUT2D eigenvalue weighted by atomic mass is 16.2. The third-order valence-electron chi connectivity index (χ3n) is 3.63. The number of piperidine rings is 1. The Kier molecular flexibility index (Phi) is 4.18. The Labute approximate surface area is 97.6 Å². The zero-order valence-electron chi connectivity index (χ0n) is 9.95. The summed E-state index contributed by atoms with van der Waals surface area (Å²) in [5.41, 5.74) is 5.70. The first-order valence-corrected chi connectivity index (χ1v) is 6.51. The van der Waals surface area contributed by atoms with E-state index >= 15 is 0 Å². The maximum atomic E-state index is 12.0. The van der Waals surface area contributed by atoms with Crippen LogP contribution in [0.2, 0.25) is 0 Å². The van der Waals surface area contributed by atoms with E-state index in [1.54, 1.807) is 0 Å². The van der Waals surface area contributed by atoms with Crippen LogP contribution in [0, 0.1) is 5.92 Å². The molecule has 0 radical (unpaired) electrons. The van der Waals surface area contributed by atoms with E-state index in [0.717, 1.165) is 31.8 Å². The van der Waals surface area contributed by atoms with Gasteiger partial charge in [0.25, 0.3) is 0 Å². The van der Waals surface area contributed by atoms with Gasteiger partial charge in [-0.05, 0) is 44.6 Å². The van der Waals surface area contributed by atoms with Crippen molar-refractivity contribution < 1.29 is 4.79 Å². The zero-order valence-corrected chi connectivity index (χ0v) is 9.95. The average Bonchev–Trinajstić information content (AvgIpc) is 3.13. The maximum absolute atomic E-state index is 12.0. The van der Waals surface area contributed by atoms with Crippen LogP contribution in [0.1, 0.15) is 32.1 Å². The molecule has 0 spiro atoms. The lowest BCUT2D eigenvalue weighted by Gasteiger charge is -2.35. The molecule has 2 rings (SSSR count). The van der Waals surface area contributed by atoms with E-state index in [9.17, 15) is 4.79 Å². The third kappa shape index (κ3) is 3.19. The quantitative estimate of drug-likeness (QED) is 0.709. The zero-order chi connectivity index (χ0) is 11.4. The van der Waals surface area contributed by atoms with Crippen LogP contribution in [0.4, 0.5) is 0 Å². The van der Waals surface area contributed by atoms with E-state index < -0.39 is 0 Å². The van der Waals surface area contributed by atoms with Gasteiger partial charge >= 0.3 is 0 Å². The van der Waals surface area contributed by atoms with Crippen LogP contribution >= 0.6 is 0 Å². The molecule has 4 nitrogen and oxygen atoms in total. The Balaban J connectivity index is 1.72. The average molecular weight is 225 g/mol. The van der Waals surface area contributed by atoms with Gasteiger partial charge in [0, 0.05) is 19.1 Å². The summed E-state index contributed by atoms with van der Waals surface area (Å²) in [6.07, 6.45) is 6.07. The van der Waals surface area contributed by atoms with Gasteiger partial charge in [-0.1, -0.05) is 0 Å². The number of carbonyl (C=O) groups excluding carboxylic acids is 1. The number of amides is 1. The van der Waals surface area contributed by atoms with Gasteiger partial charge in [0.2, 0.25) is 5.91 Å². The van der Waals surface area contributed by atoms with Crippen molar-refractivity contribution in [3.05, 3.63) is 0 Å². The van der Waals surface area contributed by atoms with Crippen LogP contribution in [0.3, 0.4) is 0 Å². The summed E-state index contributed by atoms with van der Waals surface area (Å²) in [5.74, 6) is 1.07. The van der Waals surface area contributed by atoms with Gasteiger partial charge in [-0.3, -0.25) is 4.79 Å². The van der Waals surface area contributed by atoms with Crippen molar-refractivity contribution >= 4 is 5.91 Å². The third-order valence-corrected chi connectivity index (χ3v) is 3.63. The standard InChI is InChI=1S/C12H23N3O/c13-7-11-3-1-2-6-15(11)12(16)9-14-8-10-4-5-10/h10-11,14H,1-9,13H2. The predicted octanol–water partition coefficient (Wildman–Crippen LogP) is 0.326. The molecule has 1 aliphatic heterocycles. The molecule has 1 atom stereocenters. The monoisotopic (exact) mass is 225 g/mol. The molecule has 2 aliphatic rings. The molecule has 1 unspecified atom stereocenters. The smallest absolute Gasteiger partial charge is 0.236 e. The van der Waals surface area contributed by atoms with Gasteiger partial charge in [0.15, 0.2) is 0 Å². The molecule has 0 aromatic carbocycles. The second kappa shape index (κ2) is 5.64. The van der Waals surface area contributed by atoms with Crippen molar-refractivity contribution in [3.63, 3.8) is 0 Å². The SMILES string of the molecule is NCC1CCCCN1C(=O)CNCC1CC1. The Morgan fingerprint density at radius 3 is 2.81 bits per heavy atom. The molecule has 1 saturated heterocycles. The molecule has 0 aromatic heterocycles. The summed E-state index contributed by atoms with van der Waals surface area (Å²) >= 11 is 0. The molecule has 1 heterocycles. The number of nitrogens with one attached hydrogen (secondary N) is 1. The fraction of sp³-hybridized carbons (Fsp3) is 0.917.